The summed E-state index contributed by atoms with van der Waals surface area (Å²) in [5.74, 6) is 0.111. The Labute approximate surface area is 96.2 Å². The van der Waals surface area contributed by atoms with Gasteiger partial charge in [-0.1, -0.05) is 38.4 Å². The highest BCUT2D eigenvalue weighted by Crippen LogP contribution is 2.23. The van der Waals surface area contributed by atoms with E-state index in [0.717, 1.165) is 0 Å². The Hall–Kier alpha value is -0.540. The van der Waals surface area contributed by atoms with Crippen LogP contribution in [0.15, 0.2) is 23.1 Å². The molecule has 83 valence electrons. The van der Waals surface area contributed by atoms with Gasteiger partial charge in [-0.05, 0) is 17.5 Å². The summed E-state index contributed by atoms with van der Waals surface area (Å²) in [5.41, 5.74) is -0.259. The summed E-state index contributed by atoms with van der Waals surface area (Å²) in [4.78, 5) is 0.265. The van der Waals surface area contributed by atoms with Crippen molar-refractivity contribution in [2.24, 2.45) is 5.41 Å². The number of hydrogen-bond donors (Lipinski definition) is 0. The molecule has 0 N–H and O–H groups in total. The Morgan fingerprint density at radius 1 is 1.40 bits per heavy atom. The van der Waals surface area contributed by atoms with E-state index >= 15 is 0 Å². The van der Waals surface area contributed by atoms with Crippen molar-refractivity contribution in [1.29, 1.82) is 0 Å². The molecule has 0 fully saturated rings. The van der Waals surface area contributed by atoms with Crippen LogP contribution in [0.25, 0.3) is 0 Å². The Balaban J connectivity index is 3.07. The summed E-state index contributed by atoms with van der Waals surface area (Å²) >= 11 is 5.70. The molecule has 0 aliphatic carbocycles. The first-order valence-electron chi connectivity index (χ1n) is 4.61. The standard InChI is InChI=1S/C11H14ClO2S/c1-11(2,3)8-15(13,14)10-6-4-5-9(12)7-10/h4,6-7H,8H2,1-3H3. The van der Waals surface area contributed by atoms with Gasteiger partial charge in [-0.25, -0.2) is 8.42 Å². The van der Waals surface area contributed by atoms with E-state index in [4.69, 9.17) is 11.6 Å². The Morgan fingerprint density at radius 3 is 2.47 bits per heavy atom. The molecule has 0 unspecified atom stereocenters. The lowest BCUT2D eigenvalue weighted by Gasteiger charge is -2.17. The van der Waals surface area contributed by atoms with Crippen molar-refractivity contribution in [3.63, 3.8) is 0 Å². The van der Waals surface area contributed by atoms with Crippen molar-refractivity contribution in [1.82, 2.24) is 0 Å². The van der Waals surface area contributed by atoms with Gasteiger partial charge in [0.1, 0.15) is 0 Å². The molecule has 4 heteroatoms. The zero-order valence-corrected chi connectivity index (χ0v) is 10.6. The summed E-state index contributed by atoms with van der Waals surface area (Å²) in [6, 6.07) is 7.19. The predicted molar refractivity (Wildman–Crippen MR) is 61.8 cm³/mol. The van der Waals surface area contributed by atoms with Crippen LogP contribution < -0.4 is 0 Å². The number of rotatable bonds is 2. The molecule has 0 spiro atoms. The van der Waals surface area contributed by atoms with E-state index in [1.165, 1.54) is 18.2 Å². The molecule has 0 aliphatic heterocycles. The van der Waals surface area contributed by atoms with E-state index in [1.807, 2.05) is 20.8 Å². The quantitative estimate of drug-likeness (QED) is 0.803. The molecule has 1 radical (unpaired) electrons. The van der Waals surface area contributed by atoms with E-state index in [1.54, 1.807) is 0 Å². The van der Waals surface area contributed by atoms with E-state index in [0.29, 0.717) is 5.02 Å². The second-order valence-corrected chi connectivity index (χ2v) is 7.09. The highest BCUT2D eigenvalue weighted by molar-refractivity contribution is 7.91. The molecule has 1 aromatic carbocycles. The predicted octanol–water partition coefficient (Wildman–Crippen LogP) is 2.96. The van der Waals surface area contributed by atoms with Gasteiger partial charge in [0.2, 0.25) is 0 Å². The van der Waals surface area contributed by atoms with Gasteiger partial charge in [-0.15, -0.1) is 0 Å². The molecule has 2 nitrogen and oxygen atoms in total. The average molecular weight is 246 g/mol. The number of halogens is 1. The van der Waals surface area contributed by atoms with Crippen LogP contribution in [0, 0.1) is 11.5 Å². The van der Waals surface area contributed by atoms with Crippen molar-refractivity contribution in [3.05, 3.63) is 29.3 Å². The third kappa shape index (κ3) is 3.84. The maximum atomic E-state index is 11.9. The van der Waals surface area contributed by atoms with Gasteiger partial charge < -0.3 is 0 Å². The summed E-state index contributed by atoms with van der Waals surface area (Å²) in [5, 5.41) is 0.324. The molecule has 15 heavy (non-hydrogen) atoms. The third-order valence-electron chi connectivity index (χ3n) is 1.72. The van der Waals surface area contributed by atoms with Gasteiger partial charge in [0.05, 0.1) is 10.6 Å². The first-order valence-corrected chi connectivity index (χ1v) is 6.64. The lowest BCUT2D eigenvalue weighted by atomic mass is 10.0. The van der Waals surface area contributed by atoms with E-state index in [9.17, 15) is 8.42 Å². The monoisotopic (exact) mass is 245 g/mol. The molecule has 0 aliphatic rings. The Kier molecular flexibility index (Phi) is 3.46. The van der Waals surface area contributed by atoms with E-state index in [2.05, 4.69) is 6.07 Å². The fourth-order valence-corrected chi connectivity index (χ4v) is 3.39. The normalized spacial score (nSPS) is 12.8. The molecular formula is C11H14ClO2S. The van der Waals surface area contributed by atoms with Crippen molar-refractivity contribution in [3.8, 4) is 0 Å². The van der Waals surface area contributed by atoms with Crippen molar-refractivity contribution < 1.29 is 8.42 Å². The molecular weight excluding hydrogens is 232 g/mol. The molecule has 0 aromatic heterocycles. The largest absolute Gasteiger partial charge is 0.224 e. The molecule has 0 bridgehead atoms. The molecule has 0 amide bonds. The lowest BCUT2D eigenvalue weighted by molar-refractivity contribution is 0.461. The zero-order chi connectivity index (χ0) is 11.7. The molecule has 0 atom stereocenters. The van der Waals surface area contributed by atoms with Crippen molar-refractivity contribution in [2.75, 3.05) is 5.75 Å². The molecule has 0 heterocycles. The highest BCUT2D eigenvalue weighted by Gasteiger charge is 2.23. The van der Waals surface area contributed by atoms with Gasteiger partial charge in [-0.2, -0.15) is 0 Å². The fourth-order valence-electron chi connectivity index (χ4n) is 1.26. The minimum Gasteiger partial charge on any atom is -0.224 e. The third-order valence-corrected chi connectivity index (χ3v) is 4.16. The minimum atomic E-state index is -3.24. The van der Waals surface area contributed by atoms with Crippen LogP contribution >= 0.6 is 11.6 Å². The van der Waals surface area contributed by atoms with Crippen LogP contribution in [0.4, 0.5) is 0 Å². The lowest BCUT2D eigenvalue weighted by Crippen LogP contribution is -2.20. The SMILES string of the molecule is CC(C)(C)CS(=O)(=O)c1cc[c]c(Cl)c1. The van der Waals surface area contributed by atoms with Gasteiger partial charge in [0.15, 0.2) is 9.84 Å². The average Bonchev–Trinajstić information content (AvgIpc) is 1.99. The van der Waals surface area contributed by atoms with E-state index in [-0.39, 0.29) is 16.1 Å². The van der Waals surface area contributed by atoms with Crippen LogP contribution in [0.2, 0.25) is 5.02 Å². The summed E-state index contributed by atoms with van der Waals surface area (Å²) in [6.07, 6.45) is 0. The summed E-state index contributed by atoms with van der Waals surface area (Å²) < 4.78 is 23.9. The van der Waals surface area contributed by atoms with Gasteiger partial charge in [0.25, 0.3) is 0 Å². The second kappa shape index (κ2) is 4.14. The maximum Gasteiger partial charge on any atom is 0.178 e. The smallest absolute Gasteiger partial charge is 0.178 e. The van der Waals surface area contributed by atoms with Gasteiger partial charge in [0, 0.05) is 11.1 Å². The van der Waals surface area contributed by atoms with E-state index < -0.39 is 9.84 Å². The maximum absolute atomic E-state index is 11.9. The van der Waals surface area contributed by atoms with Crippen molar-refractivity contribution in [2.45, 2.75) is 25.7 Å². The Morgan fingerprint density at radius 2 is 2.00 bits per heavy atom. The molecule has 1 aromatic rings. The van der Waals surface area contributed by atoms with Crippen molar-refractivity contribution >= 4 is 21.4 Å². The minimum absolute atomic E-state index is 0.111. The fraction of sp³-hybridized carbons (Fsp3) is 0.455. The topological polar surface area (TPSA) is 34.1 Å². The number of sulfone groups is 1. The van der Waals surface area contributed by atoms with Crippen LogP contribution in [-0.2, 0) is 9.84 Å². The number of hydrogen-bond acceptors (Lipinski definition) is 2. The molecule has 0 saturated heterocycles. The van der Waals surface area contributed by atoms with Gasteiger partial charge >= 0.3 is 0 Å². The van der Waals surface area contributed by atoms with Crippen LogP contribution in [0.5, 0.6) is 0 Å². The van der Waals surface area contributed by atoms with Crippen LogP contribution in [0.3, 0.4) is 0 Å². The summed E-state index contributed by atoms with van der Waals surface area (Å²) in [6.45, 7) is 5.67. The molecule has 1 rings (SSSR count). The second-order valence-electron chi connectivity index (χ2n) is 4.69. The summed E-state index contributed by atoms with van der Waals surface area (Å²) in [7, 11) is -3.24. The van der Waals surface area contributed by atoms with Crippen LogP contribution in [0.1, 0.15) is 20.8 Å². The first kappa shape index (κ1) is 12.5. The Bertz CT molecular complexity index is 444. The molecule has 0 saturated carbocycles. The highest BCUT2D eigenvalue weighted by atomic mass is 35.5. The van der Waals surface area contributed by atoms with Crippen LogP contribution in [-0.4, -0.2) is 14.2 Å². The zero-order valence-electron chi connectivity index (χ0n) is 9.04. The van der Waals surface area contributed by atoms with Gasteiger partial charge in [-0.3, -0.25) is 0 Å². The first-order chi connectivity index (χ1) is 6.71. The number of benzene rings is 1.